The fraction of sp³-hybridized carbons (Fsp3) is 0.750. The van der Waals surface area contributed by atoms with Crippen molar-refractivity contribution >= 4 is 29.8 Å². The van der Waals surface area contributed by atoms with Crippen LogP contribution in [0.25, 0.3) is 0 Å². The van der Waals surface area contributed by atoms with Gasteiger partial charge in [0.2, 0.25) is 0 Å². The Bertz CT molecular complexity index is 1190. The van der Waals surface area contributed by atoms with Crippen molar-refractivity contribution in [3.63, 3.8) is 0 Å². The molecule has 0 amide bonds. The molecule has 2 saturated heterocycles. The molecule has 12 atom stereocenters. The topological polar surface area (TPSA) is 205 Å². The highest BCUT2D eigenvalue weighted by Crippen LogP contribution is 2.60. The Morgan fingerprint density at radius 2 is 1.43 bits per heavy atom. The maximum Gasteiger partial charge on any atom is 0.312 e. The third-order valence-electron chi connectivity index (χ3n) is 9.13. The molecule has 3 fully saturated rings. The molecule has 0 aromatic heterocycles. The highest BCUT2D eigenvalue weighted by atomic mass is 16.6. The minimum absolute atomic E-state index is 0.190. The number of aliphatic hydroxyl groups is 3. The van der Waals surface area contributed by atoms with Crippen LogP contribution in [-0.2, 0) is 52.4 Å². The van der Waals surface area contributed by atoms with Gasteiger partial charge in [0.1, 0.15) is 42.2 Å². The molecule has 0 aromatic carbocycles. The Labute approximate surface area is 242 Å². The second-order valence-electron chi connectivity index (χ2n) is 11.9. The number of carbonyl (C=O) groups is 5. The molecule has 2 aliphatic heterocycles. The molecule has 4 rings (SSSR count). The van der Waals surface area contributed by atoms with Gasteiger partial charge in [0.15, 0.2) is 11.7 Å². The monoisotopic (exact) mass is 598 g/mol. The van der Waals surface area contributed by atoms with Crippen molar-refractivity contribution in [2.24, 2.45) is 17.3 Å². The van der Waals surface area contributed by atoms with Crippen molar-refractivity contribution in [1.29, 1.82) is 0 Å². The van der Waals surface area contributed by atoms with Crippen LogP contribution in [-0.4, -0.2) is 106 Å². The summed E-state index contributed by atoms with van der Waals surface area (Å²) in [5.74, 6) is -7.00. The fourth-order valence-electron chi connectivity index (χ4n) is 7.21. The highest BCUT2D eigenvalue weighted by molar-refractivity contribution is 5.78. The Kier molecular flexibility index (Phi) is 8.26. The van der Waals surface area contributed by atoms with Crippen LogP contribution < -0.4 is 0 Å². The number of ether oxygens (including phenoxy) is 6. The Morgan fingerprint density at radius 3 is 1.95 bits per heavy atom. The molecular weight excluding hydrogens is 560 g/mol. The van der Waals surface area contributed by atoms with E-state index >= 15 is 0 Å². The van der Waals surface area contributed by atoms with Crippen molar-refractivity contribution in [3.05, 3.63) is 11.6 Å². The number of aliphatic hydroxyl groups excluding tert-OH is 1. The number of carbonyl (C=O) groups excluding carboxylic acids is 5. The molecule has 42 heavy (non-hydrogen) atoms. The normalized spacial score (nSPS) is 44.2. The van der Waals surface area contributed by atoms with E-state index < -0.39 is 108 Å². The summed E-state index contributed by atoms with van der Waals surface area (Å²) in [6, 6.07) is 0. The van der Waals surface area contributed by atoms with Gasteiger partial charge in [0.25, 0.3) is 0 Å². The van der Waals surface area contributed by atoms with E-state index in [0.29, 0.717) is 0 Å². The number of fused-ring (bicyclic) bond motifs is 3. The summed E-state index contributed by atoms with van der Waals surface area (Å²) >= 11 is 0. The average Bonchev–Trinajstić information content (AvgIpc) is 3.61. The molecule has 0 radical (unpaired) electrons. The number of hydrogen-bond donors (Lipinski definition) is 3. The Balaban J connectivity index is 2.11. The molecule has 0 unspecified atom stereocenters. The molecule has 2 heterocycles. The average molecular weight is 599 g/mol. The minimum atomic E-state index is -2.39. The van der Waals surface area contributed by atoms with Gasteiger partial charge in [-0.15, -0.1) is 0 Å². The van der Waals surface area contributed by atoms with E-state index in [9.17, 15) is 39.3 Å². The van der Waals surface area contributed by atoms with Crippen LogP contribution in [0.15, 0.2) is 11.6 Å². The maximum absolute atomic E-state index is 13.0. The van der Waals surface area contributed by atoms with Crippen LogP contribution in [0.3, 0.4) is 0 Å². The first kappa shape index (κ1) is 31.9. The van der Waals surface area contributed by atoms with Crippen LogP contribution in [0.5, 0.6) is 0 Å². The smallest absolute Gasteiger partial charge is 0.312 e. The van der Waals surface area contributed by atoms with Gasteiger partial charge in [-0.3, -0.25) is 24.0 Å². The standard InChI is InChI=1S/C28H38O14/c1-11-25(34)41-19-8-16(10-29)20-21(42-20)23(39-14(4)32)26(6)17(37-12(2)30)9-18(38-13(3)31)27(7,35)22(26)24(28(11,19)36)40-15(5)33/h8,11,17-24,29,35-36H,9-10H2,1-7H3/t11-,17-,18+,19-,20+,21+,22+,23+,24+,26-,27+,28-/m0/s1. The molecule has 234 valence electrons. The predicted octanol–water partition coefficient (Wildman–Crippen LogP) is -0.517. The Hall–Kier alpha value is -3.07. The lowest BCUT2D eigenvalue weighted by atomic mass is 9.51. The fourth-order valence-corrected chi connectivity index (χ4v) is 7.21. The third kappa shape index (κ3) is 5.07. The van der Waals surface area contributed by atoms with Gasteiger partial charge in [0.05, 0.1) is 17.9 Å². The lowest BCUT2D eigenvalue weighted by Gasteiger charge is -2.60. The second-order valence-corrected chi connectivity index (χ2v) is 11.9. The van der Waals surface area contributed by atoms with Gasteiger partial charge in [0, 0.05) is 40.0 Å². The molecule has 1 saturated carbocycles. The van der Waals surface area contributed by atoms with Crippen molar-refractivity contribution in [1.82, 2.24) is 0 Å². The summed E-state index contributed by atoms with van der Waals surface area (Å²) < 4.78 is 34.2. The summed E-state index contributed by atoms with van der Waals surface area (Å²) in [5.41, 5.74) is -6.11. The van der Waals surface area contributed by atoms with Crippen molar-refractivity contribution in [2.45, 2.75) is 109 Å². The van der Waals surface area contributed by atoms with E-state index in [1.54, 1.807) is 0 Å². The number of rotatable bonds is 5. The lowest BCUT2D eigenvalue weighted by molar-refractivity contribution is -0.291. The van der Waals surface area contributed by atoms with Crippen LogP contribution in [0.2, 0.25) is 0 Å². The summed E-state index contributed by atoms with van der Waals surface area (Å²) in [6.45, 7) is 8.00. The number of hydrogen-bond acceptors (Lipinski definition) is 14. The van der Waals surface area contributed by atoms with Gasteiger partial charge in [-0.05, 0) is 25.5 Å². The maximum atomic E-state index is 13.0. The van der Waals surface area contributed by atoms with E-state index in [4.69, 9.17) is 28.4 Å². The van der Waals surface area contributed by atoms with Gasteiger partial charge < -0.3 is 43.7 Å². The first-order valence-corrected chi connectivity index (χ1v) is 13.7. The highest BCUT2D eigenvalue weighted by Gasteiger charge is 2.75. The summed E-state index contributed by atoms with van der Waals surface area (Å²) in [5, 5.41) is 35.0. The molecule has 14 heteroatoms. The zero-order valence-electron chi connectivity index (χ0n) is 24.5. The van der Waals surface area contributed by atoms with Gasteiger partial charge >= 0.3 is 29.8 Å². The summed E-state index contributed by atoms with van der Waals surface area (Å²) in [6.07, 6.45) is -8.14. The molecular formula is C28H38O14. The van der Waals surface area contributed by atoms with E-state index in [-0.39, 0.29) is 12.0 Å². The molecule has 0 bridgehead atoms. The van der Waals surface area contributed by atoms with E-state index in [1.807, 2.05) is 0 Å². The van der Waals surface area contributed by atoms with Crippen LogP contribution in [0.1, 0.15) is 54.9 Å². The predicted molar refractivity (Wildman–Crippen MR) is 137 cm³/mol. The van der Waals surface area contributed by atoms with Crippen LogP contribution in [0, 0.1) is 17.3 Å². The molecule has 14 nitrogen and oxygen atoms in total. The molecule has 4 aliphatic rings. The first-order chi connectivity index (χ1) is 19.4. The zero-order chi connectivity index (χ0) is 31.5. The third-order valence-corrected chi connectivity index (χ3v) is 9.13. The van der Waals surface area contributed by atoms with E-state index in [2.05, 4.69) is 0 Å². The number of esters is 5. The van der Waals surface area contributed by atoms with Crippen molar-refractivity contribution < 1.29 is 67.7 Å². The van der Waals surface area contributed by atoms with Gasteiger partial charge in [-0.2, -0.15) is 0 Å². The first-order valence-electron chi connectivity index (χ1n) is 13.7. The van der Waals surface area contributed by atoms with E-state index in [1.165, 1.54) is 26.8 Å². The quantitative estimate of drug-likeness (QED) is 0.158. The van der Waals surface area contributed by atoms with E-state index in [0.717, 1.165) is 27.7 Å². The SMILES string of the molecule is CC(=O)O[C@H]1C[C@@H](OC(C)=O)[C@@](C)(O)[C@@H]2[C@@H](OC(C)=O)[C@@]3(O)[C@H](C=C(CO)[C@H]4O[C@H]4[C@@H](OC(C)=O)[C@@]12C)OC(=O)[C@@H]3C. The summed E-state index contributed by atoms with van der Waals surface area (Å²) in [4.78, 5) is 62.8. The van der Waals surface area contributed by atoms with Crippen molar-refractivity contribution in [3.8, 4) is 0 Å². The van der Waals surface area contributed by atoms with Gasteiger partial charge in [-0.25, -0.2) is 0 Å². The van der Waals surface area contributed by atoms with Crippen LogP contribution >= 0.6 is 0 Å². The minimum Gasteiger partial charge on any atom is -0.462 e. The number of epoxide rings is 1. The van der Waals surface area contributed by atoms with Crippen molar-refractivity contribution in [2.75, 3.05) is 6.61 Å². The lowest BCUT2D eigenvalue weighted by Crippen LogP contribution is -2.75. The Morgan fingerprint density at radius 1 is 0.905 bits per heavy atom. The molecule has 2 aliphatic carbocycles. The zero-order valence-corrected chi connectivity index (χ0v) is 24.5. The molecule has 0 spiro atoms. The van der Waals surface area contributed by atoms with Gasteiger partial charge in [-0.1, -0.05) is 6.92 Å². The summed E-state index contributed by atoms with van der Waals surface area (Å²) in [7, 11) is 0. The largest absolute Gasteiger partial charge is 0.462 e. The second kappa shape index (κ2) is 10.9. The molecule has 3 N–H and O–H groups in total. The van der Waals surface area contributed by atoms with Crippen LogP contribution in [0.4, 0.5) is 0 Å². The molecule has 0 aromatic rings.